The molecule has 142 valence electrons. The summed E-state index contributed by atoms with van der Waals surface area (Å²) in [5.74, 6) is 0.867. The fourth-order valence-corrected chi connectivity index (χ4v) is 4.18. The first-order valence-corrected chi connectivity index (χ1v) is 9.87. The van der Waals surface area contributed by atoms with Crippen LogP contribution in [0.25, 0.3) is 0 Å². The number of hydrogen-bond acceptors (Lipinski definition) is 3. The zero-order chi connectivity index (χ0) is 17.5. The van der Waals surface area contributed by atoms with Crippen LogP contribution in [0.1, 0.15) is 34.2 Å². The summed E-state index contributed by atoms with van der Waals surface area (Å²) >= 11 is 1.83. The van der Waals surface area contributed by atoms with Gasteiger partial charge in [0.1, 0.15) is 0 Å². The molecule has 0 radical (unpaired) electrons. The van der Waals surface area contributed by atoms with E-state index in [1.807, 2.05) is 18.4 Å². The van der Waals surface area contributed by atoms with E-state index in [9.17, 15) is 0 Å². The van der Waals surface area contributed by atoms with E-state index < -0.39 is 0 Å². The Morgan fingerprint density at radius 2 is 1.85 bits per heavy atom. The third kappa shape index (κ3) is 5.96. The Bertz CT molecular complexity index is 680. The second kappa shape index (κ2) is 10.9. The number of nitrogens with zero attached hydrogens (tertiary/aromatic N) is 2. The summed E-state index contributed by atoms with van der Waals surface area (Å²) in [7, 11) is 1.84. The van der Waals surface area contributed by atoms with Crippen molar-refractivity contribution in [1.29, 1.82) is 0 Å². The largest absolute Gasteiger partial charge is 0.354 e. The molecule has 0 amide bonds. The van der Waals surface area contributed by atoms with Crippen molar-refractivity contribution in [2.75, 3.05) is 26.7 Å². The summed E-state index contributed by atoms with van der Waals surface area (Å²) in [5.41, 5.74) is 1.38. The number of aryl methyl sites for hydroxylation is 1. The highest BCUT2D eigenvalue weighted by molar-refractivity contribution is 14.0. The number of guanidine groups is 1. The van der Waals surface area contributed by atoms with Crippen LogP contribution in [0.15, 0.2) is 47.5 Å². The van der Waals surface area contributed by atoms with Crippen molar-refractivity contribution in [1.82, 2.24) is 15.5 Å². The number of likely N-dealkylation sites (tertiary alicyclic amines) is 1. The van der Waals surface area contributed by atoms with Gasteiger partial charge in [-0.3, -0.25) is 9.89 Å². The third-order valence-electron chi connectivity index (χ3n) is 4.68. The predicted molar refractivity (Wildman–Crippen MR) is 123 cm³/mol. The Balaban J connectivity index is 0.00000243. The number of rotatable bonds is 6. The molecule has 0 bridgehead atoms. The first-order valence-electron chi connectivity index (χ1n) is 9.05. The van der Waals surface area contributed by atoms with Crippen LogP contribution < -0.4 is 10.6 Å². The Morgan fingerprint density at radius 3 is 2.46 bits per heavy atom. The fraction of sp³-hybridized carbons (Fsp3) is 0.450. The number of thiophene rings is 1. The monoisotopic (exact) mass is 484 g/mol. The van der Waals surface area contributed by atoms with Crippen molar-refractivity contribution in [2.24, 2.45) is 4.99 Å². The number of aliphatic imine (C=N–C) groups is 1. The molecule has 0 spiro atoms. The molecule has 0 aliphatic carbocycles. The molecular formula is C20H29IN4S. The fourth-order valence-electron chi connectivity index (χ4n) is 3.35. The van der Waals surface area contributed by atoms with Crippen LogP contribution in [-0.2, 0) is 6.54 Å². The number of hydrogen-bond donors (Lipinski definition) is 2. The average Bonchev–Trinajstić information content (AvgIpc) is 3.31. The molecule has 3 rings (SSSR count). The van der Waals surface area contributed by atoms with E-state index in [1.165, 1.54) is 41.2 Å². The SMILES string of the molecule is CN=C(NCc1ccc(C)s1)NCC(c1ccccc1)N1CCCC1.I. The molecule has 6 heteroatoms. The number of halogens is 1. The minimum Gasteiger partial charge on any atom is -0.354 e. The lowest BCUT2D eigenvalue weighted by molar-refractivity contribution is 0.245. The minimum atomic E-state index is 0. The maximum Gasteiger partial charge on any atom is 0.191 e. The molecular weight excluding hydrogens is 455 g/mol. The Labute approximate surface area is 178 Å². The standard InChI is InChI=1S/C20H28N4S.HI/c1-16-10-11-18(25-16)14-22-20(21-2)23-15-19(24-12-6-7-13-24)17-8-4-3-5-9-17;/h3-5,8-11,19H,6-7,12-15H2,1-2H3,(H2,21,22,23);1H. The Hall–Kier alpha value is -1.12. The summed E-state index contributed by atoms with van der Waals surface area (Å²) in [6.07, 6.45) is 2.60. The zero-order valence-corrected chi connectivity index (χ0v) is 18.7. The minimum absolute atomic E-state index is 0. The van der Waals surface area contributed by atoms with Gasteiger partial charge in [0, 0.05) is 23.3 Å². The highest BCUT2D eigenvalue weighted by atomic mass is 127. The maximum absolute atomic E-state index is 4.38. The summed E-state index contributed by atoms with van der Waals surface area (Å²) in [4.78, 5) is 9.64. The molecule has 1 aliphatic heterocycles. The van der Waals surface area contributed by atoms with Gasteiger partial charge in [-0.1, -0.05) is 30.3 Å². The van der Waals surface area contributed by atoms with Crippen molar-refractivity contribution >= 4 is 41.3 Å². The molecule has 2 N–H and O–H groups in total. The van der Waals surface area contributed by atoms with Crippen molar-refractivity contribution < 1.29 is 0 Å². The van der Waals surface area contributed by atoms with Gasteiger partial charge in [0.2, 0.25) is 0 Å². The molecule has 1 atom stereocenters. The summed E-state index contributed by atoms with van der Waals surface area (Å²) in [6.45, 7) is 6.19. The van der Waals surface area contributed by atoms with Crippen molar-refractivity contribution in [2.45, 2.75) is 32.4 Å². The first kappa shape index (κ1) is 21.2. The smallest absolute Gasteiger partial charge is 0.191 e. The van der Waals surface area contributed by atoms with Crippen molar-refractivity contribution in [3.8, 4) is 0 Å². The molecule has 2 heterocycles. The van der Waals surface area contributed by atoms with Gasteiger partial charge in [0.05, 0.1) is 12.6 Å². The normalized spacial score (nSPS) is 16.2. The van der Waals surface area contributed by atoms with Gasteiger partial charge in [-0.25, -0.2) is 0 Å². The van der Waals surface area contributed by atoms with Gasteiger partial charge in [0.25, 0.3) is 0 Å². The lowest BCUT2D eigenvalue weighted by atomic mass is 10.1. The predicted octanol–water partition coefficient (Wildman–Crippen LogP) is 4.18. The number of nitrogens with one attached hydrogen (secondary N) is 2. The van der Waals surface area contributed by atoms with Crippen LogP contribution in [0.3, 0.4) is 0 Å². The summed E-state index contributed by atoms with van der Waals surface area (Å²) in [6, 6.07) is 15.5. The second-order valence-electron chi connectivity index (χ2n) is 6.49. The van der Waals surface area contributed by atoms with Gasteiger partial charge >= 0.3 is 0 Å². The first-order chi connectivity index (χ1) is 12.3. The van der Waals surface area contributed by atoms with E-state index >= 15 is 0 Å². The van der Waals surface area contributed by atoms with E-state index in [4.69, 9.17) is 0 Å². The molecule has 1 aromatic heterocycles. The van der Waals surface area contributed by atoms with Crippen LogP contribution in [-0.4, -0.2) is 37.5 Å². The van der Waals surface area contributed by atoms with Crippen LogP contribution >= 0.6 is 35.3 Å². The van der Waals surface area contributed by atoms with Gasteiger partial charge in [-0.05, 0) is 50.6 Å². The lowest BCUT2D eigenvalue weighted by Crippen LogP contribution is -2.42. The third-order valence-corrected chi connectivity index (χ3v) is 5.68. The molecule has 1 saturated heterocycles. The van der Waals surface area contributed by atoms with E-state index in [2.05, 4.69) is 69.9 Å². The maximum atomic E-state index is 4.38. The van der Waals surface area contributed by atoms with Crippen LogP contribution in [0.2, 0.25) is 0 Å². The van der Waals surface area contributed by atoms with Crippen LogP contribution in [0, 0.1) is 6.92 Å². The van der Waals surface area contributed by atoms with E-state index in [0.29, 0.717) is 6.04 Å². The van der Waals surface area contributed by atoms with Gasteiger partial charge in [-0.2, -0.15) is 0 Å². The quantitative estimate of drug-likeness (QED) is 0.367. The highest BCUT2D eigenvalue weighted by Gasteiger charge is 2.23. The van der Waals surface area contributed by atoms with Crippen LogP contribution in [0.5, 0.6) is 0 Å². The van der Waals surface area contributed by atoms with Crippen molar-refractivity contribution in [3.05, 3.63) is 57.8 Å². The Morgan fingerprint density at radius 1 is 1.12 bits per heavy atom. The van der Waals surface area contributed by atoms with Gasteiger partial charge < -0.3 is 10.6 Å². The zero-order valence-electron chi connectivity index (χ0n) is 15.6. The topological polar surface area (TPSA) is 39.7 Å². The average molecular weight is 484 g/mol. The molecule has 2 aromatic rings. The molecule has 26 heavy (non-hydrogen) atoms. The Kier molecular flexibility index (Phi) is 8.87. The second-order valence-corrected chi connectivity index (χ2v) is 7.86. The highest BCUT2D eigenvalue weighted by Crippen LogP contribution is 2.24. The summed E-state index contributed by atoms with van der Waals surface area (Å²) in [5, 5.41) is 6.95. The van der Waals surface area contributed by atoms with Crippen LogP contribution in [0.4, 0.5) is 0 Å². The van der Waals surface area contributed by atoms with Gasteiger partial charge in [0.15, 0.2) is 5.96 Å². The molecule has 1 aliphatic rings. The molecule has 4 nitrogen and oxygen atoms in total. The van der Waals surface area contributed by atoms with Gasteiger partial charge in [-0.15, -0.1) is 35.3 Å². The lowest BCUT2D eigenvalue weighted by Gasteiger charge is -2.28. The van der Waals surface area contributed by atoms with Crippen molar-refractivity contribution in [3.63, 3.8) is 0 Å². The molecule has 1 unspecified atom stereocenters. The van der Waals surface area contributed by atoms with E-state index in [1.54, 1.807) is 0 Å². The number of benzene rings is 1. The molecule has 0 saturated carbocycles. The molecule has 1 aromatic carbocycles. The molecule has 1 fully saturated rings. The van der Waals surface area contributed by atoms with E-state index in [-0.39, 0.29) is 24.0 Å². The summed E-state index contributed by atoms with van der Waals surface area (Å²) < 4.78 is 0. The van der Waals surface area contributed by atoms with E-state index in [0.717, 1.165) is 19.0 Å².